The fraction of sp³-hybridized carbons (Fsp3) is 0.647. The SMILES string of the molecule is NCC(c1c(F)cccc1F)N1CCC[C@H]2CCCC[C@H]21. The van der Waals surface area contributed by atoms with Gasteiger partial charge in [0, 0.05) is 18.2 Å². The second-order valence-electron chi connectivity index (χ2n) is 6.38. The smallest absolute Gasteiger partial charge is 0.130 e. The van der Waals surface area contributed by atoms with Crippen LogP contribution in [0.3, 0.4) is 0 Å². The van der Waals surface area contributed by atoms with Crippen LogP contribution in [0, 0.1) is 17.6 Å². The number of rotatable bonds is 3. The molecule has 1 aliphatic heterocycles. The molecule has 2 N–H and O–H groups in total. The minimum Gasteiger partial charge on any atom is -0.329 e. The Hall–Kier alpha value is -1.00. The Bertz CT molecular complexity index is 469. The molecule has 1 aliphatic carbocycles. The first kappa shape index (κ1) is 14.9. The number of hydrogen-bond acceptors (Lipinski definition) is 2. The summed E-state index contributed by atoms with van der Waals surface area (Å²) in [6.45, 7) is 1.16. The molecule has 0 bridgehead atoms. The summed E-state index contributed by atoms with van der Waals surface area (Å²) in [5, 5.41) is 0. The van der Waals surface area contributed by atoms with Crippen molar-refractivity contribution in [3.63, 3.8) is 0 Å². The van der Waals surface area contributed by atoms with E-state index >= 15 is 0 Å². The van der Waals surface area contributed by atoms with Gasteiger partial charge >= 0.3 is 0 Å². The highest BCUT2D eigenvalue weighted by Crippen LogP contribution is 2.40. The average molecular weight is 294 g/mol. The first-order chi connectivity index (χ1) is 10.2. The maximum Gasteiger partial charge on any atom is 0.130 e. The number of likely N-dealkylation sites (tertiary alicyclic amines) is 1. The van der Waals surface area contributed by atoms with Crippen molar-refractivity contribution >= 4 is 0 Å². The molecule has 0 radical (unpaired) electrons. The summed E-state index contributed by atoms with van der Waals surface area (Å²) in [6.07, 6.45) is 7.24. The van der Waals surface area contributed by atoms with Gasteiger partial charge < -0.3 is 5.73 Å². The van der Waals surface area contributed by atoms with Crippen LogP contribution >= 0.6 is 0 Å². The Kier molecular flexibility index (Phi) is 4.55. The highest BCUT2D eigenvalue weighted by atomic mass is 19.1. The third kappa shape index (κ3) is 2.84. The molecule has 3 rings (SSSR count). The lowest BCUT2D eigenvalue weighted by atomic mass is 9.77. The van der Waals surface area contributed by atoms with Gasteiger partial charge in [0.05, 0.1) is 6.04 Å². The van der Waals surface area contributed by atoms with Crippen LogP contribution in [0.15, 0.2) is 18.2 Å². The normalized spacial score (nSPS) is 28.1. The van der Waals surface area contributed by atoms with Crippen molar-refractivity contribution in [2.24, 2.45) is 11.7 Å². The van der Waals surface area contributed by atoms with Gasteiger partial charge in [-0.05, 0) is 50.3 Å². The number of benzene rings is 1. The molecule has 2 aliphatic rings. The zero-order valence-electron chi connectivity index (χ0n) is 12.4. The highest BCUT2D eigenvalue weighted by Gasteiger charge is 2.38. The van der Waals surface area contributed by atoms with E-state index < -0.39 is 11.6 Å². The maximum atomic E-state index is 14.1. The zero-order chi connectivity index (χ0) is 14.8. The van der Waals surface area contributed by atoms with Crippen molar-refractivity contribution in [1.29, 1.82) is 0 Å². The summed E-state index contributed by atoms with van der Waals surface area (Å²) < 4.78 is 28.3. The molecule has 4 heteroatoms. The van der Waals surface area contributed by atoms with E-state index in [2.05, 4.69) is 4.90 Å². The molecule has 0 aromatic heterocycles. The fourth-order valence-corrected chi connectivity index (χ4v) is 4.30. The monoisotopic (exact) mass is 294 g/mol. The molecule has 116 valence electrons. The van der Waals surface area contributed by atoms with Crippen LogP contribution in [0.4, 0.5) is 8.78 Å². The van der Waals surface area contributed by atoms with Gasteiger partial charge in [0.1, 0.15) is 11.6 Å². The fourth-order valence-electron chi connectivity index (χ4n) is 4.30. The third-order valence-corrected chi connectivity index (χ3v) is 5.24. The van der Waals surface area contributed by atoms with Crippen LogP contribution in [0.5, 0.6) is 0 Å². The molecule has 2 nitrogen and oxygen atoms in total. The third-order valence-electron chi connectivity index (χ3n) is 5.24. The van der Waals surface area contributed by atoms with Gasteiger partial charge in [0.25, 0.3) is 0 Å². The van der Waals surface area contributed by atoms with Crippen LogP contribution in [0.2, 0.25) is 0 Å². The summed E-state index contributed by atoms with van der Waals surface area (Å²) in [5.74, 6) is -0.261. The number of halogens is 2. The molecule has 21 heavy (non-hydrogen) atoms. The van der Waals surface area contributed by atoms with E-state index in [9.17, 15) is 8.78 Å². The van der Waals surface area contributed by atoms with Crippen molar-refractivity contribution in [2.75, 3.05) is 13.1 Å². The highest BCUT2D eigenvalue weighted by molar-refractivity contribution is 5.24. The van der Waals surface area contributed by atoms with Crippen molar-refractivity contribution in [3.8, 4) is 0 Å². The lowest BCUT2D eigenvalue weighted by molar-refractivity contribution is 0.0253. The Morgan fingerprint density at radius 1 is 1.10 bits per heavy atom. The van der Waals surface area contributed by atoms with E-state index in [1.807, 2.05) is 0 Å². The minimum absolute atomic E-state index is 0.159. The van der Waals surface area contributed by atoms with E-state index in [4.69, 9.17) is 5.73 Å². The number of fused-ring (bicyclic) bond motifs is 1. The summed E-state index contributed by atoms with van der Waals surface area (Å²) in [4.78, 5) is 2.29. The van der Waals surface area contributed by atoms with Gasteiger partial charge in [-0.15, -0.1) is 0 Å². The van der Waals surface area contributed by atoms with Crippen molar-refractivity contribution in [2.45, 2.75) is 50.6 Å². The molecular formula is C17H24F2N2. The lowest BCUT2D eigenvalue weighted by Crippen LogP contribution is -2.50. The van der Waals surface area contributed by atoms with E-state index in [-0.39, 0.29) is 18.2 Å². The quantitative estimate of drug-likeness (QED) is 0.922. The molecule has 1 heterocycles. The molecule has 1 aromatic rings. The van der Waals surface area contributed by atoms with Gasteiger partial charge in [0.2, 0.25) is 0 Å². The van der Waals surface area contributed by atoms with Crippen LogP contribution in [-0.2, 0) is 0 Å². The Morgan fingerprint density at radius 3 is 2.48 bits per heavy atom. The molecule has 1 unspecified atom stereocenters. The molecule has 2 fully saturated rings. The van der Waals surface area contributed by atoms with Crippen molar-refractivity contribution in [3.05, 3.63) is 35.4 Å². The lowest BCUT2D eigenvalue weighted by Gasteiger charge is -2.47. The van der Waals surface area contributed by atoms with Gasteiger partial charge in [-0.2, -0.15) is 0 Å². The van der Waals surface area contributed by atoms with Crippen molar-refractivity contribution < 1.29 is 8.78 Å². The molecule has 3 atom stereocenters. The van der Waals surface area contributed by atoms with E-state index in [1.54, 1.807) is 0 Å². The summed E-state index contributed by atoms with van der Waals surface area (Å²) >= 11 is 0. The largest absolute Gasteiger partial charge is 0.329 e. The molecule has 0 spiro atoms. The molecule has 0 amide bonds. The predicted octanol–water partition coefficient (Wildman–Crippen LogP) is 3.62. The Morgan fingerprint density at radius 2 is 1.76 bits per heavy atom. The van der Waals surface area contributed by atoms with E-state index in [0.717, 1.165) is 19.4 Å². The maximum absolute atomic E-state index is 14.1. The molecule has 1 saturated heterocycles. The number of nitrogens with two attached hydrogens (primary N) is 1. The van der Waals surface area contributed by atoms with Crippen molar-refractivity contribution in [1.82, 2.24) is 4.90 Å². The van der Waals surface area contributed by atoms with Gasteiger partial charge in [0.15, 0.2) is 0 Å². The van der Waals surface area contributed by atoms with Crippen LogP contribution in [0.25, 0.3) is 0 Å². The average Bonchev–Trinajstić information content (AvgIpc) is 2.51. The second kappa shape index (κ2) is 6.41. The first-order valence-corrected chi connectivity index (χ1v) is 8.12. The van der Waals surface area contributed by atoms with E-state index in [1.165, 1.54) is 43.9 Å². The van der Waals surface area contributed by atoms with Gasteiger partial charge in [-0.25, -0.2) is 8.78 Å². The standard InChI is InChI=1S/C17H24F2N2/c18-13-7-3-8-14(19)17(13)16(11-20)21-10-4-6-12-5-1-2-9-15(12)21/h3,7-8,12,15-16H,1-2,4-6,9-11,20H2/t12-,15-,16?/m1/s1. The zero-order valence-corrected chi connectivity index (χ0v) is 12.4. The summed E-state index contributed by atoms with van der Waals surface area (Å²) in [7, 11) is 0. The summed E-state index contributed by atoms with van der Waals surface area (Å²) in [5.41, 5.74) is 6.08. The number of nitrogens with zero attached hydrogens (tertiary/aromatic N) is 1. The first-order valence-electron chi connectivity index (χ1n) is 8.12. The van der Waals surface area contributed by atoms with Gasteiger partial charge in [-0.1, -0.05) is 18.9 Å². The van der Waals surface area contributed by atoms with Gasteiger partial charge in [-0.3, -0.25) is 4.90 Å². The Balaban J connectivity index is 1.91. The number of piperidine rings is 1. The molecule has 1 saturated carbocycles. The molecular weight excluding hydrogens is 270 g/mol. The number of hydrogen-bond donors (Lipinski definition) is 1. The van der Waals surface area contributed by atoms with Crippen LogP contribution in [-0.4, -0.2) is 24.0 Å². The predicted molar refractivity (Wildman–Crippen MR) is 79.8 cm³/mol. The van der Waals surface area contributed by atoms with Crippen LogP contribution < -0.4 is 5.73 Å². The summed E-state index contributed by atoms with van der Waals surface area (Å²) in [6, 6.07) is 4.20. The Labute approximate surface area is 125 Å². The van der Waals surface area contributed by atoms with E-state index in [0.29, 0.717) is 12.0 Å². The minimum atomic E-state index is -0.469. The molecule has 1 aromatic carbocycles. The second-order valence-corrected chi connectivity index (χ2v) is 6.38. The topological polar surface area (TPSA) is 29.3 Å². The van der Waals surface area contributed by atoms with Crippen LogP contribution in [0.1, 0.15) is 50.1 Å².